The third kappa shape index (κ3) is 3.75. The maximum absolute atomic E-state index is 13.4. The van der Waals surface area contributed by atoms with Crippen molar-refractivity contribution in [1.82, 2.24) is 4.98 Å². The quantitative estimate of drug-likeness (QED) is 0.662. The fourth-order valence-electron chi connectivity index (χ4n) is 2.37. The van der Waals surface area contributed by atoms with Crippen LogP contribution in [0.25, 0.3) is 10.9 Å². The molecule has 4 nitrogen and oxygen atoms in total. The predicted octanol–water partition coefficient (Wildman–Crippen LogP) is 4.01. The number of nitrogens with zero attached hydrogens (tertiary/aromatic N) is 1. The Morgan fingerprint density at radius 2 is 2.00 bits per heavy atom. The van der Waals surface area contributed by atoms with Crippen LogP contribution in [0.3, 0.4) is 0 Å². The lowest BCUT2D eigenvalue weighted by atomic mass is 10.1. The van der Waals surface area contributed by atoms with Crippen molar-refractivity contribution >= 4 is 28.2 Å². The molecule has 0 saturated heterocycles. The van der Waals surface area contributed by atoms with Crippen LogP contribution in [-0.2, 0) is 6.54 Å². The number of nitrogens with one attached hydrogen (secondary N) is 1. The highest BCUT2D eigenvalue weighted by Crippen LogP contribution is 2.27. The summed E-state index contributed by atoms with van der Waals surface area (Å²) in [6, 6.07) is 13.9. The molecule has 0 aliphatic carbocycles. The molecule has 0 amide bonds. The van der Waals surface area contributed by atoms with Gasteiger partial charge in [0.1, 0.15) is 23.3 Å². The summed E-state index contributed by atoms with van der Waals surface area (Å²) >= 11 is 6.24. The minimum atomic E-state index is -0.404. The monoisotopic (exact) mass is 346 g/mol. The third-order valence-corrected chi connectivity index (χ3v) is 3.84. The first-order valence-corrected chi connectivity index (χ1v) is 7.86. The minimum absolute atomic E-state index is 0.0937. The van der Waals surface area contributed by atoms with Crippen LogP contribution in [0.15, 0.2) is 48.5 Å². The number of hydrogen-bond acceptors (Lipinski definition) is 4. The topological polar surface area (TPSA) is 54.4 Å². The molecule has 1 heterocycles. The van der Waals surface area contributed by atoms with Crippen LogP contribution >= 0.6 is 11.6 Å². The molecule has 0 atom stereocenters. The first kappa shape index (κ1) is 16.5. The van der Waals surface area contributed by atoms with E-state index >= 15 is 0 Å². The molecule has 0 saturated carbocycles. The van der Waals surface area contributed by atoms with Crippen molar-refractivity contribution < 1.29 is 14.2 Å². The smallest absolute Gasteiger partial charge is 0.145 e. The molecule has 0 bridgehead atoms. The van der Waals surface area contributed by atoms with Crippen LogP contribution in [0.2, 0.25) is 5.15 Å². The van der Waals surface area contributed by atoms with Crippen molar-refractivity contribution in [2.24, 2.45) is 0 Å². The zero-order valence-electron chi connectivity index (χ0n) is 12.8. The standard InChI is InChI=1S/C18H16ClFN2O2/c19-18-13(9-12-3-1-2-4-15(12)22-18)11-21-16-6-5-14(20)10-17(16)24-8-7-23/h1-6,9-10,21,23H,7-8,11H2. The molecular weight excluding hydrogens is 331 g/mol. The van der Waals surface area contributed by atoms with E-state index in [-0.39, 0.29) is 13.2 Å². The second-order valence-corrected chi connectivity index (χ2v) is 5.56. The molecule has 0 spiro atoms. The van der Waals surface area contributed by atoms with E-state index in [1.165, 1.54) is 12.1 Å². The summed E-state index contributed by atoms with van der Waals surface area (Å²) in [6.45, 7) is 0.366. The van der Waals surface area contributed by atoms with Crippen molar-refractivity contribution in [2.45, 2.75) is 6.54 Å². The van der Waals surface area contributed by atoms with Crippen LogP contribution in [0, 0.1) is 5.82 Å². The van der Waals surface area contributed by atoms with Crippen molar-refractivity contribution in [3.63, 3.8) is 0 Å². The van der Waals surface area contributed by atoms with E-state index in [2.05, 4.69) is 10.3 Å². The average Bonchev–Trinajstić information content (AvgIpc) is 2.59. The number of anilines is 1. The van der Waals surface area contributed by atoms with Crippen molar-refractivity contribution in [2.75, 3.05) is 18.5 Å². The molecule has 124 valence electrons. The van der Waals surface area contributed by atoms with Gasteiger partial charge in [0, 0.05) is 23.6 Å². The first-order chi connectivity index (χ1) is 11.7. The molecular formula is C18H16ClFN2O2. The number of rotatable bonds is 6. The van der Waals surface area contributed by atoms with Gasteiger partial charge in [0.15, 0.2) is 0 Å². The summed E-state index contributed by atoms with van der Waals surface area (Å²) in [7, 11) is 0. The third-order valence-electron chi connectivity index (χ3n) is 3.51. The van der Waals surface area contributed by atoms with Gasteiger partial charge in [-0.1, -0.05) is 29.8 Å². The zero-order chi connectivity index (χ0) is 16.9. The molecule has 2 aromatic carbocycles. The fourth-order valence-corrected chi connectivity index (χ4v) is 2.58. The Bertz CT molecular complexity index is 858. The van der Waals surface area contributed by atoms with Crippen molar-refractivity contribution in [1.29, 1.82) is 0 Å². The molecule has 2 N–H and O–H groups in total. The van der Waals surface area contributed by atoms with Crippen LogP contribution in [0.1, 0.15) is 5.56 Å². The lowest BCUT2D eigenvalue weighted by molar-refractivity contribution is 0.201. The van der Waals surface area contributed by atoms with Crippen molar-refractivity contribution in [3.8, 4) is 5.75 Å². The molecule has 6 heteroatoms. The highest BCUT2D eigenvalue weighted by molar-refractivity contribution is 6.30. The molecule has 0 fully saturated rings. The van der Waals surface area contributed by atoms with Gasteiger partial charge < -0.3 is 15.2 Å². The van der Waals surface area contributed by atoms with E-state index in [4.69, 9.17) is 21.4 Å². The lowest BCUT2D eigenvalue weighted by Gasteiger charge is -2.14. The van der Waals surface area contributed by atoms with Crippen LogP contribution in [0.4, 0.5) is 10.1 Å². The summed E-state index contributed by atoms with van der Waals surface area (Å²) < 4.78 is 18.7. The maximum Gasteiger partial charge on any atom is 0.145 e. The van der Waals surface area contributed by atoms with Crippen LogP contribution in [-0.4, -0.2) is 23.3 Å². The Morgan fingerprint density at radius 3 is 2.83 bits per heavy atom. The number of aliphatic hydroxyl groups is 1. The van der Waals surface area contributed by atoms with Gasteiger partial charge in [0.2, 0.25) is 0 Å². The Kier molecular flexibility index (Phi) is 5.13. The molecule has 3 aromatic rings. The fraction of sp³-hybridized carbons (Fsp3) is 0.167. The Balaban J connectivity index is 1.82. The molecule has 0 unspecified atom stereocenters. The number of hydrogen-bond donors (Lipinski definition) is 2. The summed E-state index contributed by atoms with van der Waals surface area (Å²) in [6.07, 6.45) is 0. The summed E-state index contributed by atoms with van der Waals surface area (Å²) in [5.74, 6) is -0.0622. The predicted molar refractivity (Wildman–Crippen MR) is 93.1 cm³/mol. The van der Waals surface area contributed by atoms with E-state index in [0.29, 0.717) is 23.1 Å². The zero-order valence-corrected chi connectivity index (χ0v) is 13.6. The highest BCUT2D eigenvalue weighted by Gasteiger charge is 2.08. The maximum atomic E-state index is 13.4. The minimum Gasteiger partial charge on any atom is -0.489 e. The van der Waals surface area contributed by atoms with Gasteiger partial charge in [-0.05, 0) is 24.3 Å². The SMILES string of the molecule is OCCOc1cc(F)ccc1NCc1cc2ccccc2nc1Cl. The number of aliphatic hydroxyl groups excluding tert-OH is 1. The molecule has 0 aliphatic rings. The first-order valence-electron chi connectivity index (χ1n) is 7.48. The summed E-state index contributed by atoms with van der Waals surface area (Å²) in [5.41, 5.74) is 2.28. The van der Waals surface area contributed by atoms with E-state index < -0.39 is 5.82 Å². The van der Waals surface area contributed by atoms with Gasteiger partial charge in [-0.2, -0.15) is 0 Å². The Morgan fingerprint density at radius 1 is 1.17 bits per heavy atom. The number of aromatic nitrogens is 1. The van der Waals surface area contributed by atoms with E-state index in [0.717, 1.165) is 16.5 Å². The Labute approximate surface area is 143 Å². The van der Waals surface area contributed by atoms with Gasteiger partial charge in [-0.3, -0.25) is 0 Å². The molecule has 1 aromatic heterocycles. The number of fused-ring (bicyclic) bond motifs is 1. The summed E-state index contributed by atoms with van der Waals surface area (Å²) in [4.78, 5) is 4.38. The number of para-hydroxylation sites is 1. The Hall–Kier alpha value is -2.37. The van der Waals surface area contributed by atoms with Gasteiger partial charge in [0.25, 0.3) is 0 Å². The average molecular weight is 347 g/mol. The normalized spacial score (nSPS) is 10.8. The van der Waals surface area contributed by atoms with Gasteiger partial charge in [0.05, 0.1) is 17.8 Å². The molecule has 0 radical (unpaired) electrons. The van der Waals surface area contributed by atoms with Gasteiger partial charge in [-0.25, -0.2) is 9.37 Å². The van der Waals surface area contributed by atoms with Gasteiger partial charge in [-0.15, -0.1) is 0 Å². The van der Waals surface area contributed by atoms with Gasteiger partial charge >= 0.3 is 0 Å². The number of benzene rings is 2. The van der Waals surface area contributed by atoms with Crippen LogP contribution in [0.5, 0.6) is 5.75 Å². The molecule has 3 rings (SSSR count). The second-order valence-electron chi connectivity index (χ2n) is 5.20. The van der Waals surface area contributed by atoms with E-state index in [1.807, 2.05) is 30.3 Å². The highest BCUT2D eigenvalue weighted by atomic mass is 35.5. The number of halogens is 2. The number of pyridine rings is 1. The van der Waals surface area contributed by atoms with Crippen molar-refractivity contribution in [3.05, 3.63) is 65.1 Å². The number of ether oxygens (including phenoxy) is 1. The van der Waals surface area contributed by atoms with E-state index in [9.17, 15) is 4.39 Å². The largest absolute Gasteiger partial charge is 0.489 e. The molecule has 24 heavy (non-hydrogen) atoms. The molecule has 0 aliphatic heterocycles. The summed E-state index contributed by atoms with van der Waals surface area (Å²) in [5, 5.41) is 13.5. The lowest BCUT2D eigenvalue weighted by Crippen LogP contribution is -2.07. The van der Waals surface area contributed by atoms with Crippen LogP contribution < -0.4 is 10.1 Å². The van der Waals surface area contributed by atoms with E-state index in [1.54, 1.807) is 6.07 Å². The second kappa shape index (κ2) is 7.47.